The van der Waals surface area contributed by atoms with E-state index in [-0.39, 0.29) is 34.0 Å². The second-order valence-electron chi connectivity index (χ2n) is 6.98. The molecule has 172 valence electrons. The molecule has 0 radical (unpaired) electrons. The van der Waals surface area contributed by atoms with Crippen LogP contribution in [0.1, 0.15) is 104 Å². The number of carbonyl (C=O) groups is 2. The number of unbranched alkanes of at least 4 members (excludes halogenated alkanes) is 10. The van der Waals surface area contributed by atoms with Gasteiger partial charge in [0.25, 0.3) is 0 Å². The van der Waals surface area contributed by atoms with E-state index in [1.807, 2.05) is 0 Å². The van der Waals surface area contributed by atoms with E-state index in [2.05, 4.69) is 39.1 Å². The SMILES string of the molecule is CCCCCCC[CH2][Sn+2][CH2]CCCCCCC.O=C([O-])CCS.O=C([O-])CCS. The fourth-order valence-electron chi connectivity index (χ4n) is 2.37. The molecular weight excluding hydrogens is 511 g/mol. The third-order valence-corrected chi connectivity index (χ3v) is 8.53. The van der Waals surface area contributed by atoms with Crippen molar-refractivity contribution in [2.45, 2.75) is 113 Å². The Kier molecular flexibility index (Phi) is 38.9. The first-order valence-corrected chi connectivity index (χ1v) is 16.6. The minimum absolute atomic E-state index is 0.0448. The number of carbonyl (C=O) groups excluding carboxylic acids is 2. The predicted molar refractivity (Wildman–Crippen MR) is 129 cm³/mol. The first-order valence-electron chi connectivity index (χ1n) is 11.3. The van der Waals surface area contributed by atoms with Gasteiger partial charge in [0, 0.05) is 11.9 Å². The predicted octanol–water partition coefficient (Wildman–Crippen LogP) is 4.36. The molecule has 0 aromatic rings. The van der Waals surface area contributed by atoms with Gasteiger partial charge in [-0.05, 0) is 24.3 Å². The molecule has 0 aliphatic rings. The zero-order valence-corrected chi connectivity index (χ0v) is 23.4. The molecule has 0 spiro atoms. The molecule has 0 bridgehead atoms. The van der Waals surface area contributed by atoms with Crippen LogP contribution < -0.4 is 10.2 Å². The third-order valence-electron chi connectivity index (χ3n) is 4.05. The zero-order valence-electron chi connectivity index (χ0n) is 18.8. The van der Waals surface area contributed by atoms with Gasteiger partial charge in [0.1, 0.15) is 0 Å². The van der Waals surface area contributed by atoms with Crippen molar-refractivity contribution in [3.63, 3.8) is 0 Å². The maximum absolute atomic E-state index is 9.44. The summed E-state index contributed by atoms with van der Waals surface area (Å²) in [4.78, 5) is 18.9. The molecule has 0 aliphatic carbocycles. The van der Waals surface area contributed by atoms with Crippen LogP contribution in [0.4, 0.5) is 0 Å². The molecule has 0 rings (SSSR count). The fraction of sp³-hybridized carbons (Fsp3) is 0.909. The average molecular weight is 555 g/mol. The number of carboxylic acids is 2. The second kappa shape index (κ2) is 33.1. The average Bonchev–Trinajstić information content (AvgIpc) is 2.66. The van der Waals surface area contributed by atoms with Crippen LogP contribution in [-0.2, 0) is 9.59 Å². The molecule has 0 N–H and O–H groups in total. The summed E-state index contributed by atoms with van der Waals surface area (Å²) in [5.74, 6) is -1.35. The Morgan fingerprint density at radius 2 is 0.931 bits per heavy atom. The number of rotatable bonds is 18. The van der Waals surface area contributed by atoms with Crippen molar-refractivity contribution in [1.29, 1.82) is 0 Å². The molecule has 0 heterocycles. The van der Waals surface area contributed by atoms with E-state index in [9.17, 15) is 19.8 Å². The molecule has 0 unspecified atom stereocenters. The van der Waals surface area contributed by atoms with Gasteiger partial charge in [-0.25, -0.2) is 0 Å². The number of carboxylic acid groups (broad SMARTS) is 2. The van der Waals surface area contributed by atoms with Gasteiger partial charge in [-0.3, -0.25) is 0 Å². The van der Waals surface area contributed by atoms with Crippen molar-refractivity contribution in [3.05, 3.63) is 0 Å². The van der Waals surface area contributed by atoms with Crippen LogP contribution in [0.2, 0.25) is 8.87 Å². The molecule has 0 amide bonds. The molecule has 0 aromatic heterocycles. The molecule has 0 aliphatic heterocycles. The van der Waals surface area contributed by atoms with E-state index in [1.165, 1.54) is 64.2 Å². The monoisotopic (exact) mass is 556 g/mol. The second-order valence-corrected chi connectivity index (χ2v) is 12.2. The Labute approximate surface area is 201 Å². The van der Waals surface area contributed by atoms with Gasteiger partial charge in [-0.15, -0.1) is 0 Å². The summed E-state index contributed by atoms with van der Waals surface area (Å²) in [6, 6.07) is 0. The van der Waals surface area contributed by atoms with Gasteiger partial charge in [0.2, 0.25) is 0 Å². The number of aliphatic carboxylic acids is 2. The summed E-state index contributed by atoms with van der Waals surface area (Å²) < 4.78 is 3.31. The van der Waals surface area contributed by atoms with Crippen LogP contribution in [0, 0.1) is 0 Å². The first-order chi connectivity index (χ1) is 14.0. The van der Waals surface area contributed by atoms with Gasteiger partial charge in [-0.2, -0.15) is 25.3 Å². The Balaban J connectivity index is -0.000000460. The standard InChI is InChI=1S/2C8H17.2C3H6O2S.Sn/c2*1-3-5-7-8-6-4-2;2*4-3(5)1-2-6;/h2*1,3-8H2,2H3;2*6H,1-2H2,(H,4,5);/q;;;;+2/p-2. The summed E-state index contributed by atoms with van der Waals surface area (Å²) in [7, 11) is 0. The van der Waals surface area contributed by atoms with Crippen LogP contribution in [0.15, 0.2) is 0 Å². The Hall–Kier alpha value is 0.439. The molecular formula is C22H44O4S2Sn. The van der Waals surface area contributed by atoms with Gasteiger partial charge < -0.3 is 19.8 Å². The van der Waals surface area contributed by atoms with Crippen molar-refractivity contribution in [1.82, 2.24) is 0 Å². The van der Waals surface area contributed by atoms with Gasteiger partial charge in [-0.1, -0.05) is 0 Å². The van der Waals surface area contributed by atoms with Crippen molar-refractivity contribution in [2.75, 3.05) is 11.5 Å². The normalized spacial score (nSPS) is 9.52. The van der Waals surface area contributed by atoms with Crippen LogP contribution >= 0.6 is 25.3 Å². The molecule has 0 fully saturated rings. The van der Waals surface area contributed by atoms with E-state index in [0.29, 0.717) is 11.5 Å². The molecule has 0 aromatic carbocycles. The van der Waals surface area contributed by atoms with Crippen molar-refractivity contribution < 1.29 is 19.8 Å². The van der Waals surface area contributed by atoms with E-state index in [1.54, 1.807) is 21.7 Å². The van der Waals surface area contributed by atoms with E-state index in [4.69, 9.17) is 0 Å². The van der Waals surface area contributed by atoms with E-state index in [0.717, 1.165) is 0 Å². The smallest absolute Gasteiger partial charge is 0.0422 e. The molecule has 0 atom stereocenters. The van der Waals surface area contributed by atoms with Crippen LogP contribution in [-0.4, -0.2) is 44.6 Å². The Morgan fingerprint density at radius 1 is 0.621 bits per heavy atom. The largest absolute Gasteiger partial charge is 0.550 e. The van der Waals surface area contributed by atoms with Gasteiger partial charge in [0.15, 0.2) is 0 Å². The van der Waals surface area contributed by atoms with Crippen molar-refractivity contribution in [2.24, 2.45) is 0 Å². The minimum Gasteiger partial charge on any atom is -0.550 e. The Bertz CT molecular complexity index is 302. The Morgan fingerprint density at radius 3 is 1.17 bits per heavy atom. The summed E-state index contributed by atoms with van der Waals surface area (Å²) in [5.41, 5.74) is 0. The van der Waals surface area contributed by atoms with E-state index >= 15 is 0 Å². The third kappa shape index (κ3) is 47.6. The van der Waals surface area contributed by atoms with Gasteiger partial charge >= 0.3 is 121 Å². The molecule has 7 heteroatoms. The molecule has 29 heavy (non-hydrogen) atoms. The quantitative estimate of drug-likeness (QED) is 0.150. The van der Waals surface area contributed by atoms with Crippen LogP contribution in [0.25, 0.3) is 0 Å². The summed E-state index contributed by atoms with van der Waals surface area (Å²) in [5, 5.41) is 18.9. The summed E-state index contributed by atoms with van der Waals surface area (Å²) in [6.45, 7) is 4.60. The summed E-state index contributed by atoms with van der Waals surface area (Å²) in [6.07, 6.45) is 17.9. The van der Waals surface area contributed by atoms with E-state index < -0.39 is 11.9 Å². The van der Waals surface area contributed by atoms with Crippen LogP contribution in [0.5, 0.6) is 0 Å². The topological polar surface area (TPSA) is 80.3 Å². The molecule has 0 saturated heterocycles. The molecule has 0 saturated carbocycles. The minimum atomic E-state index is -1.04. The number of thiol groups is 2. The number of hydrogen-bond donors (Lipinski definition) is 2. The maximum atomic E-state index is 9.44. The fourth-order valence-corrected chi connectivity index (χ4v) is 6.30. The van der Waals surface area contributed by atoms with Crippen molar-refractivity contribution >= 4 is 58.3 Å². The van der Waals surface area contributed by atoms with Crippen molar-refractivity contribution in [3.8, 4) is 0 Å². The zero-order chi connectivity index (χ0) is 22.6. The first kappa shape index (κ1) is 34.1. The summed E-state index contributed by atoms with van der Waals surface area (Å²) >= 11 is 7.35. The maximum Gasteiger partial charge on any atom is 0.0422 e. The molecule has 4 nitrogen and oxygen atoms in total. The van der Waals surface area contributed by atoms with Gasteiger partial charge in [0.05, 0.1) is 0 Å². The van der Waals surface area contributed by atoms with Crippen LogP contribution in [0.3, 0.4) is 0 Å². The number of hydrogen-bond acceptors (Lipinski definition) is 6.